The van der Waals surface area contributed by atoms with Crippen molar-refractivity contribution in [2.24, 2.45) is 4.99 Å². The number of aromatic amines is 1. The number of halogens is 2. The van der Waals surface area contributed by atoms with Crippen LogP contribution >= 0.6 is 23.4 Å². The molecule has 0 amide bonds. The second-order valence-electron chi connectivity index (χ2n) is 3.48. The van der Waals surface area contributed by atoms with Gasteiger partial charge in [-0.1, -0.05) is 35.5 Å². The second kappa shape index (κ2) is 5.99. The van der Waals surface area contributed by atoms with Crippen LogP contribution < -0.4 is 5.49 Å². The van der Waals surface area contributed by atoms with Crippen LogP contribution in [0.2, 0.25) is 5.15 Å². The van der Waals surface area contributed by atoms with E-state index in [1.54, 1.807) is 18.4 Å². The van der Waals surface area contributed by atoms with Gasteiger partial charge in [0.2, 0.25) is 0 Å². The summed E-state index contributed by atoms with van der Waals surface area (Å²) in [5.41, 5.74) is 0.406. The number of hydrogen-bond donors (Lipinski definition) is 1. The van der Waals surface area contributed by atoms with E-state index in [1.165, 1.54) is 23.9 Å². The molecule has 0 aliphatic heterocycles. The zero-order valence-corrected chi connectivity index (χ0v) is 11.4. The second-order valence-corrected chi connectivity index (χ2v) is 4.63. The Kier molecular flexibility index (Phi) is 4.34. The topological polar surface area (TPSA) is 58.1 Å². The van der Waals surface area contributed by atoms with Crippen LogP contribution in [0.15, 0.2) is 34.4 Å². The molecule has 0 radical (unpaired) electrons. The Morgan fingerprint density at radius 2 is 2.21 bits per heavy atom. The van der Waals surface area contributed by atoms with Crippen LogP contribution in [-0.4, -0.2) is 22.5 Å². The summed E-state index contributed by atoms with van der Waals surface area (Å²) in [5.74, 6) is -0.480. The highest BCUT2D eigenvalue weighted by atomic mass is 35.5. The molecule has 98 valence electrons. The Labute approximate surface area is 117 Å². The van der Waals surface area contributed by atoms with Gasteiger partial charge >= 0.3 is 0 Å². The number of carbonyl (C=O) groups is 1. The highest BCUT2D eigenvalue weighted by Crippen LogP contribution is 2.17. The Hall–Kier alpha value is -1.66. The van der Waals surface area contributed by atoms with E-state index in [9.17, 15) is 9.18 Å². The summed E-state index contributed by atoms with van der Waals surface area (Å²) in [6, 6.07) is 6.01. The van der Waals surface area contributed by atoms with Crippen LogP contribution in [-0.2, 0) is 0 Å². The molecule has 0 saturated heterocycles. The van der Waals surface area contributed by atoms with Gasteiger partial charge in [0.15, 0.2) is 11.4 Å². The maximum atomic E-state index is 13.5. The first kappa shape index (κ1) is 13.8. The third kappa shape index (κ3) is 3.02. The van der Waals surface area contributed by atoms with E-state index in [0.29, 0.717) is 11.4 Å². The Balaban J connectivity index is 2.70. The van der Waals surface area contributed by atoms with Gasteiger partial charge in [0, 0.05) is 0 Å². The molecular weight excluding hydrogens is 289 g/mol. The third-order valence-electron chi connectivity index (χ3n) is 2.30. The minimum atomic E-state index is -0.480. The number of nitrogens with one attached hydrogen (secondary N) is 1. The highest BCUT2D eigenvalue weighted by molar-refractivity contribution is 7.98. The van der Waals surface area contributed by atoms with Crippen LogP contribution in [0.4, 0.5) is 10.1 Å². The fourth-order valence-electron chi connectivity index (χ4n) is 1.40. The zero-order chi connectivity index (χ0) is 13.8. The smallest absolute Gasteiger partial charge is 0.168 e. The minimum absolute atomic E-state index is 0.0354. The number of aldehydes is 1. The summed E-state index contributed by atoms with van der Waals surface area (Å²) in [6.45, 7) is 0. The minimum Gasteiger partial charge on any atom is -0.319 e. The van der Waals surface area contributed by atoms with Crippen molar-refractivity contribution in [1.29, 1.82) is 0 Å². The maximum Gasteiger partial charge on any atom is 0.168 e. The molecule has 0 saturated carbocycles. The predicted molar refractivity (Wildman–Crippen MR) is 72.4 cm³/mol. The van der Waals surface area contributed by atoms with Crippen LogP contribution in [0, 0.1) is 5.82 Å². The molecule has 0 unspecified atom stereocenters. The number of carbonyl (C=O) groups excluding carboxylic acids is 1. The largest absolute Gasteiger partial charge is 0.319 e. The van der Waals surface area contributed by atoms with Crippen molar-refractivity contribution in [2.75, 3.05) is 6.26 Å². The summed E-state index contributed by atoms with van der Waals surface area (Å²) in [5, 5.41) is 0.527. The zero-order valence-electron chi connectivity index (χ0n) is 9.85. The molecule has 19 heavy (non-hydrogen) atoms. The highest BCUT2D eigenvalue weighted by Gasteiger charge is 2.08. The van der Waals surface area contributed by atoms with E-state index in [4.69, 9.17) is 11.6 Å². The van der Waals surface area contributed by atoms with Crippen molar-refractivity contribution in [3.63, 3.8) is 0 Å². The van der Waals surface area contributed by atoms with Gasteiger partial charge in [-0.3, -0.25) is 4.79 Å². The molecule has 0 atom stereocenters. The monoisotopic (exact) mass is 297 g/mol. The number of thioether (sulfide) groups is 1. The molecule has 1 aromatic heterocycles. The number of benzene rings is 1. The summed E-state index contributed by atoms with van der Waals surface area (Å²) in [6.07, 6.45) is 2.33. The Bertz CT molecular complexity index is 687. The molecule has 0 aliphatic carbocycles. The van der Waals surface area contributed by atoms with Gasteiger partial charge in [-0.25, -0.2) is 14.4 Å². The molecule has 0 aliphatic rings. The summed E-state index contributed by atoms with van der Waals surface area (Å²) < 4.78 is 13.5. The standard InChI is InChI=1S/C12H9ClFN3OS/c1-19-12-16-10(13)7(6-18)11(17-12)15-9-5-3-2-4-8(9)14/h2-6H,1H3,(H,15,16,17). The lowest BCUT2D eigenvalue weighted by atomic mass is 10.3. The predicted octanol–water partition coefficient (Wildman–Crippen LogP) is 2.97. The van der Waals surface area contributed by atoms with Crippen molar-refractivity contribution < 1.29 is 9.18 Å². The van der Waals surface area contributed by atoms with Gasteiger partial charge in [0.1, 0.15) is 22.1 Å². The van der Waals surface area contributed by atoms with Gasteiger partial charge < -0.3 is 4.98 Å². The van der Waals surface area contributed by atoms with Gasteiger partial charge in [-0.2, -0.15) is 0 Å². The molecule has 2 aromatic rings. The lowest BCUT2D eigenvalue weighted by Gasteiger charge is -2.02. The number of hydrogen-bond acceptors (Lipinski definition) is 4. The van der Waals surface area contributed by atoms with Crippen LogP contribution in [0.5, 0.6) is 0 Å². The first-order valence-corrected chi connectivity index (χ1v) is 6.84. The van der Waals surface area contributed by atoms with Gasteiger partial charge in [-0.05, 0) is 18.4 Å². The van der Waals surface area contributed by atoms with E-state index >= 15 is 0 Å². The average Bonchev–Trinajstić information content (AvgIpc) is 2.41. The van der Waals surface area contributed by atoms with E-state index in [2.05, 4.69) is 15.0 Å². The fraction of sp³-hybridized carbons (Fsp3) is 0.0833. The molecule has 1 N–H and O–H groups in total. The van der Waals surface area contributed by atoms with Crippen LogP contribution in [0.25, 0.3) is 0 Å². The maximum absolute atomic E-state index is 13.5. The van der Waals surface area contributed by atoms with Gasteiger partial charge in [-0.15, -0.1) is 0 Å². The number of rotatable bonds is 3. The van der Waals surface area contributed by atoms with Gasteiger partial charge in [0.25, 0.3) is 0 Å². The number of nitrogens with zero attached hydrogens (tertiary/aromatic N) is 2. The third-order valence-corrected chi connectivity index (χ3v) is 3.17. The van der Waals surface area contributed by atoms with Gasteiger partial charge in [0.05, 0.1) is 5.56 Å². The lowest BCUT2D eigenvalue weighted by Crippen LogP contribution is -2.17. The van der Waals surface area contributed by atoms with Crippen LogP contribution in [0.3, 0.4) is 0 Å². The number of H-pyrrole nitrogens is 1. The molecular formula is C12H9ClFN3OS. The van der Waals surface area contributed by atoms with E-state index < -0.39 is 5.82 Å². The van der Waals surface area contributed by atoms with E-state index in [-0.39, 0.29) is 21.9 Å². The molecule has 0 fully saturated rings. The first-order chi connectivity index (χ1) is 9.15. The van der Waals surface area contributed by atoms with Crippen molar-refractivity contribution in [3.05, 3.63) is 46.3 Å². The molecule has 1 heterocycles. The molecule has 7 heteroatoms. The van der Waals surface area contributed by atoms with Crippen LogP contribution in [0.1, 0.15) is 10.4 Å². The number of aromatic nitrogens is 2. The average molecular weight is 298 g/mol. The van der Waals surface area contributed by atoms with E-state index in [1.807, 2.05) is 0 Å². The summed E-state index contributed by atoms with van der Waals surface area (Å²) in [7, 11) is 0. The lowest BCUT2D eigenvalue weighted by molar-refractivity contribution is 0.112. The summed E-state index contributed by atoms with van der Waals surface area (Å²) in [4.78, 5) is 21.9. The SMILES string of the molecule is CSc1nc(Cl)c(C=O)/c(=N\c2ccccc2F)[nH]1. The summed E-state index contributed by atoms with van der Waals surface area (Å²) >= 11 is 7.20. The molecule has 2 rings (SSSR count). The Morgan fingerprint density at radius 3 is 2.84 bits per heavy atom. The normalized spacial score (nSPS) is 11.6. The number of para-hydroxylation sites is 1. The molecule has 0 bridgehead atoms. The van der Waals surface area contributed by atoms with Crippen molar-refractivity contribution in [3.8, 4) is 0 Å². The van der Waals surface area contributed by atoms with Crippen molar-refractivity contribution in [2.45, 2.75) is 5.16 Å². The first-order valence-electron chi connectivity index (χ1n) is 5.24. The molecule has 1 aromatic carbocycles. The molecule has 0 spiro atoms. The van der Waals surface area contributed by atoms with Crippen molar-refractivity contribution in [1.82, 2.24) is 9.97 Å². The quantitative estimate of drug-likeness (QED) is 0.410. The van der Waals surface area contributed by atoms with E-state index in [0.717, 1.165) is 0 Å². The fourth-order valence-corrected chi connectivity index (χ4v) is 2.05. The molecule has 4 nitrogen and oxygen atoms in total. The van der Waals surface area contributed by atoms with Crippen molar-refractivity contribution >= 4 is 35.3 Å². The Morgan fingerprint density at radius 1 is 1.47 bits per heavy atom.